The molecule has 156 valence electrons. The summed E-state index contributed by atoms with van der Waals surface area (Å²) in [6, 6.07) is 12.1. The molecular formula is C20H21Cl3N2O3S. The van der Waals surface area contributed by atoms with Crippen molar-refractivity contribution in [1.29, 1.82) is 0 Å². The third-order valence-electron chi connectivity index (χ3n) is 4.89. The Hall–Kier alpha value is -1.31. The van der Waals surface area contributed by atoms with Gasteiger partial charge in [0, 0.05) is 24.7 Å². The monoisotopic (exact) mass is 474 g/mol. The highest BCUT2D eigenvalue weighted by molar-refractivity contribution is 7.88. The van der Waals surface area contributed by atoms with Crippen LogP contribution in [-0.4, -0.2) is 31.7 Å². The Kier molecular flexibility index (Phi) is 7.46. The number of rotatable bonds is 6. The van der Waals surface area contributed by atoms with Crippen LogP contribution in [0.4, 0.5) is 0 Å². The van der Waals surface area contributed by atoms with E-state index in [9.17, 15) is 13.2 Å². The van der Waals surface area contributed by atoms with Crippen LogP contribution in [0.1, 0.15) is 24.0 Å². The van der Waals surface area contributed by atoms with E-state index in [1.807, 2.05) is 18.2 Å². The summed E-state index contributed by atoms with van der Waals surface area (Å²) in [5.74, 6) is -0.744. The predicted molar refractivity (Wildman–Crippen MR) is 117 cm³/mol. The van der Waals surface area contributed by atoms with Crippen LogP contribution < -0.4 is 5.32 Å². The number of nitrogens with one attached hydrogen (secondary N) is 1. The number of amides is 1. The van der Waals surface area contributed by atoms with E-state index < -0.39 is 15.9 Å². The molecule has 0 aromatic heterocycles. The van der Waals surface area contributed by atoms with Crippen molar-refractivity contribution in [1.82, 2.24) is 9.62 Å². The third kappa shape index (κ3) is 5.86. The number of carbonyl (C=O) groups excluding carboxylic acids is 1. The zero-order valence-electron chi connectivity index (χ0n) is 15.6. The van der Waals surface area contributed by atoms with Gasteiger partial charge in [-0.2, -0.15) is 0 Å². The van der Waals surface area contributed by atoms with Gasteiger partial charge in [0.1, 0.15) is 0 Å². The van der Waals surface area contributed by atoms with E-state index in [4.69, 9.17) is 34.8 Å². The molecule has 2 aromatic carbocycles. The molecule has 0 saturated carbocycles. The van der Waals surface area contributed by atoms with Gasteiger partial charge in [-0.25, -0.2) is 12.7 Å². The molecule has 1 saturated heterocycles. The molecule has 9 heteroatoms. The first-order valence-corrected chi connectivity index (χ1v) is 11.9. The van der Waals surface area contributed by atoms with E-state index in [-0.39, 0.29) is 18.2 Å². The van der Waals surface area contributed by atoms with Gasteiger partial charge in [0.25, 0.3) is 0 Å². The average molecular weight is 476 g/mol. The molecular weight excluding hydrogens is 455 g/mol. The highest BCUT2D eigenvalue weighted by Gasteiger charge is 2.32. The number of piperidine rings is 1. The average Bonchev–Trinajstić information content (AvgIpc) is 2.70. The van der Waals surface area contributed by atoms with Gasteiger partial charge in [-0.05, 0) is 42.2 Å². The number of benzene rings is 2. The molecule has 3 rings (SSSR count). The Bertz CT molecular complexity index is 998. The highest BCUT2D eigenvalue weighted by atomic mass is 35.5. The molecule has 1 amide bonds. The molecule has 1 unspecified atom stereocenters. The molecule has 1 heterocycles. The zero-order valence-corrected chi connectivity index (χ0v) is 18.7. The van der Waals surface area contributed by atoms with Gasteiger partial charge in [-0.15, -0.1) is 0 Å². The summed E-state index contributed by atoms with van der Waals surface area (Å²) in [6.45, 7) is 0.876. The largest absolute Gasteiger partial charge is 0.352 e. The lowest BCUT2D eigenvalue weighted by Gasteiger charge is -2.31. The van der Waals surface area contributed by atoms with Crippen molar-refractivity contribution in [3.8, 4) is 0 Å². The molecule has 0 bridgehead atoms. The molecule has 1 aliphatic rings. The van der Waals surface area contributed by atoms with Crippen LogP contribution in [0, 0.1) is 5.92 Å². The molecule has 5 nitrogen and oxygen atoms in total. The number of sulfonamides is 1. The van der Waals surface area contributed by atoms with Gasteiger partial charge in [0.05, 0.1) is 21.7 Å². The topological polar surface area (TPSA) is 66.5 Å². The van der Waals surface area contributed by atoms with Crippen LogP contribution in [0.3, 0.4) is 0 Å². The van der Waals surface area contributed by atoms with Gasteiger partial charge in [-0.1, -0.05) is 59.1 Å². The molecule has 0 aliphatic carbocycles. The van der Waals surface area contributed by atoms with Crippen molar-refractivity contribution in [2.45, 2.75) is 25.1 Å². The fraction of sp³-hybridized carbons (Fsp3) is 0.350. The van der Waals surface area contributed by atoms with Crippen LogP contribution in [0.5, 0.6) is 0 Å². The van der Waals surface area contributed by atoms with E-state index in [2.05, 4.69) is 5.32 Å². The zero-order chi connectivity index (χ0) is 21.0. The Morgan fingerprint density at radius 2 is 1.83 bits per heavy atom. The molecule has 1 N–H and O–H groups in total. The van der Waals surface area contributed by atoms with Crippen LogP contribution in [0.25, 0.3) is 0 Å². The normalized spacial score (nSPS) is 17.8. The first-order chi connectivity index (χ1) is 13.8. The lowest BCUT2D eigenvalue weighted by molar-refractivity contribution is -0.126. The predicted octanol–water partition coefficient (Wildman–Crippen LogP) is 4.51. The smallest absolute Gasteiger partial charge is 0.224 e. The maximum absolute atomic E-state index is 12.8. The SMILES string of the molecule is O=C(NCc1ccccc1Cl)C1CCCN(S(=O)(=O)Cc2ccc(Cl)c(Cl)c2)C1. The second-order valence-electron chi connectivity index (χ2n) is 7.01. The van der Waals surface area contributed by atoms with Gasteiger partial charge in [-0.3, -0.25) is 4.79 Å². The maximum atomic E-state index is 12.8. The van der Waals surface area contributed by atoms with Gasteiger partial charge in [0.15, 0.2) is 0 Å². The first-order valence-electron chi connectivity index (χ1n) is 9.19. The summed E-state index contributed by atoms with van der Waals surface area (Å²) in [7, 11) is -3.58. The van der Waals surface area contributed by atoms with E-state index in [1.165, 1.54) is 4.31 Å². The lowest BCUT2D eigenvalue weighted by Crippen LogP contribution is -2.45. The van der Waals surface area contributed by atoms with E-state index >= 15 is 0 Å². The second kappa shape index (κ2) is 9.67. The Labute approximate surface area is 186 Å². The summed E-state index contributed by atoms with van der Waals surface area (Å²) < 4.78 is 27.1. The number of hydrogen-bond donors (Lipinski definition) is 1. The molecule has 2 aromatic rings. The van der Waals surface area contributed by atoms with Gasteiger partial charge < -0.3 is 5.32 Å². The van der Waals surface area contributed by atoms with Crippen molar-refractivity contribution in [2.75, 3.05) is 13.1 Å². The Morgan fingerprint density at radius 3 is 2.55 bits per heavy atom. The molecule has 1 fully saturated rings. The first kappa shape index (κ1) is 22.4. The summed E-state index contributed by atoms with van der Waals surface area (Å²) in [5, 5.41) is 4.14. The number of nitrogens with zero attached hydrogens (tertiary/aromatic N) is 1. The van der Waals surface area contributed by atoms with Crippen molar-refractivity contribution >= 4 is 50.7 Å². The van der Waals surface area contributed by atoms with Crippen LogP contribution in [0.2, 0.25) is 15.1 Å². The fourth-order valence-corrected chi connectivity index (χ4v) is 5.43. The van der Waals surface area contributed by atoms with E-state index in [1.54, 1.807) is 24.3 Å². The summed E-state index contributed by atoms with van der Waals surface area (Å²) in [6.07, 6.45) is 1.28. The lowest BCUT2D eigenvalue weighted by atomic mass is 9.99. The molecule has 0 spiro atoms. The van der Waals surface area contributed by atoms with Crippen LogP contribution in [0.15, 0.2) is 42.5 Å². The minimum Gasteiger partial charge on any atom is -0.352 e. The van der Waals surface area contributed by atoms with Crippen molar-refractivity contribution in [3.63, 3.8) is 0 Å². The van der Waals surface area contributed by atoms with Crippen LogP contribution >= 0.6 is 34.8 Å². The maximum Gasteiger partial charge on any atom is 0.224 e. The third-order valence-corrected chi connectivity index (χ3v) is 7.82. The van der Waals surface area contributed by atoms with Gasteiger partial charge in [0.2, 0.25) is 15.9 Å². The van der Waals surface area contributed by atoms with Gasteiger partial charge >= 0.3 is 0 Å². The number of hydrogen-bond acceptors (Lipinski definition) is 3. The second-order valence-corrected chi connectivity index (χ2v) is 10.2. The minimum atomic E-state index is -3.58. The quantitative estimate of drug-likeness (QED) is 0.669. The highest BCUT2D eigenvalue weighted by Crippen LogP contribution is 2.26. The molecule has 1 atom stereocenters. The van der Waals surface area contributed by atoms with Crippen molar-refractivity contribution in [3.05, 3.63) is 68.7 Å². The summed E-state index contributed by atoms with van der Waals surface area (Å²) in [5.41, 5.74) is 1.38. The number of carbonyl (C=O) groups is 1. The summed E-state index contributed by atoms with van der Waals surface area (Å²) in [4.78, 5) is 12.6. The van der Waals surface area contributed by atoms with E-state index in [0.29, 0.717) is 46.6 Å². The molecule has 1 aliphatic heterocycles. The molecule has 29 heavy (non-hydrogen) atoms. The van der Waals surface area contributed by atoms with E-state index in [0.717, 1.165) is 5.56 Å². The minimum absolute atomic E-state index is 0.165. The Morgan fingerprint density at radius 1 is 1.07 bits per heavy atom. The van der Waals surface area contributed by atoms with Crippen molar-refractivity contribution < 1.29 is 13.2 Å². The van der Waals surface area contributed by atoms with Crippen LogP contribution in [-0.2, 0) is 27.1 Å². The number of halogens is 3. The summed E-state index contributed by atoms with van der Waals surface area (Å²) >= 11 is 18.0. The van der Waals surface area contributed by atoms with Crippen molar-refractivity contribution in [2.24, 2.45) is 5.92 Å². The fourth-order valence-electron chi connectivity index (χ4n) is 3.31. The Balaban J connectivity index is 1.62. The standard InChI is InChI=1S/C20H21Cl3N2O3S/c21-17-6-2-1-4-15(17)11-24-20(26)16-5-3-9-25(12-16)29(27,28)13-14-7-8-18(22)19(23)10-14/h1-2,4,6-8,10,16H,3,5,9,11-13H2,(H,24,26). The molecule has 0 radical (unpaired) electrons.